The van der Waals surface area contributed by atoms with Gasteiger partial charge in [-0.1, -0.05) is 39.8 Å². The first kappa shape index (κ1) is 15.6. The van der Waals surface area contributed by atoms with E-state index >= 15 is 0 Å². The molecule has 0 aliphatic heterocycles. The third-order valence-electron chi connectivity index (χ3n) is 6.44. The maximum Gasteiger partial charge on any atom is 0.119 e. The van der Waals surface area contributed by atoms with E-state index < -0.39 is 0 Å². The van der Waals surface area contributed by atoms with Crippen LogP contribution >= 0.6 is 0 Å². The van der Waals surface area contributed by atoms with E-state index in [9.17, 15) is 10.2 Å². The molecule has 0 aromatic heterocycles. The van der Waals surface area contributed by atoms with E-state index in [2.05, 4.69) is 39.8 Å². The Labute approximate surface area is 133 Å². The molecule has 120 valence electrons. The minimum absolute atomic E-state index is 0.0120. The van der Waals surface area contributed by atoms with E-state index in [-0.39, 0.29) is 16.9 Å². The molecule has 0 saturated heterocycles. The molecule has 2 heteroatoms. The van der Waals surface area contributed by atoms with Gasteiger partial charge in [0.25, 0.3) is 0 Å². The van der Waals surface area contributed by atoms with Gasteiger partial charge in [-0.25, -0.2) is 0 Å². The van der Waals surface area contributed by atoms with E-state index in [0.717, 1.165) is 24.8 Å². The highest BCUT2D eigenvalue weighted by atomic mass is 16.3. The van der Waals surface area contributed by atoms with Crippen molar-refractivity contribution in [3.63, 3.8) is 0 Å². The fourth-order valence-electron chi connectivity index (χ4n) is 4.91. The highest BCUT2D eigenvalue weighted by Gasteiger charge is 2.52. The third kappa shape index (κ3) is 1.89. The second-order valence-electron chi connectivity index (χ2n) is 7.94. The molecule has 0 amide bonds. The minimum Gasteiger partial charge on any atom is -0.508 e. The molecule has 0 bridgehead atoms. The lowest BCUT2D eigenvalue weighted by Gasteiger charge is -2.54. The summed E-state index contributed by atoms with van der Waals surface area (Å²) in [5, 5.41) is 20.9. The van der Waals surface area contributed by atoms with Crippen molar-refractivity contribution in [2.75, 3.05) is 0 Å². The average molecular weight is 300 g/mol. The van der Waals surface area contributed by atoms with Crippen LogP contribution in [0.2, 0.25) is 0 Å². The van der Waals surface area contributed by atoms with Crippen LogP contribution in [0.15, 0.2) is 12.1 Å². The van der Waals surface area contributed by atoms with E-state index in [1.54, 1.807) is 0 Å². The molecule has 1 aromatic carbocycles. The number of aliphatic hydroxyl groups is 1. The van der Waals surface area contributed by atoms with Gasteiger partial charge in [0.1, 0.15) is 5.75 Å². The number of aliphatic hydroxyl groups excluding tert-OH is 1. The topological polar surface area (TPSA) is 40.5 Å². The van der Waals surface area contributed by atoms with Crippen molar-refractivity contribution in [2.45, 2.75) is 65.4 Å². The van der Waals surface area contributed by atoms with Gasteiger partial charge in [-0.15, -0.1) is 0 Å². The van der Waals surface area contributed by atoms with Crippen LogP contribution in [0, 0.1) is 18.3 Å². The predicted octanol–water partition coefficient (Wildman–Crippen LogP) is 4.34. The molecular weight excluding hydrogens is 272 g/mol. The quantitative estimate of drug-likeness (QED) is 0.809. The number of benzene rings is 1. The van der Waals surface area contributed by atoms with Gasteiger partial charge in [0.2, 0.25) is 0 Å². The number of phenols is 1. The average Bonchev–Trinajstić information content (AvgIpc) is 2.46. The van der Waals surface area contributed by atoms with Gasteiger partial charge >= 0.3 is 0 Å². The summed E-state index contributed by atoms with van der Waals surface area (Å²) in [4.78, 5) is 0. The molecule has 1 fully saturated rings. The van der Waals surface area contributed by atoms with Gasteiger partial charge in [-0.05, 0) is 65.8 Å². The fourth-order valence-corrected chi connectivity index (χ4v) is 4.91. The molecule has 0 spiro atoms. The lowest BCUT2D eigenvalue weighted by atomic mass is 9.51. The smallest absolute Gasteiger partial charge is 0.119 e. The largest absolute Gasteiger partial charge is 0.508 e. The van der Waals surface area contributed by atoms with Gasteiger partial charge in [0.15, 0.2) is 0 Å². The van der Waals surface area contributed by atoms with Crippen molar-refractivity contribution in [3.8, 4) is 5.75 Å². The van der Waals surface area contributed by atoms with Gasteiger partial charge in [-0.3, -0.25) is 0 Å². The van der Waals surface area contributed by atoms with Crippen LogP contribution in [0.1, 0.15) is 62.8 Å². The molecule has 2 N–H and O–H groups in total. The molecular formula is C20H28O2. The summed E-state index contributed by atoms with van der Waals surface area (Å²) in [6, 6.07) is 1.98. The number of rotatable bonds is 1. The second-order valence-corrected chi connectivity index (χ2v) is 7.94. The molecule has 0 radical (unpaired) electrons. The first-order valence-electron chi connectivity index (χ1n) is 8.45. The highest BCUT2D eigenvalue weighted by Crippen LogP contribution is 2.56. The summed E-state index contributed by atoms with van der Waals surface area (Å²) >= 11 is 0. The van der Waals surface area contributed by atoms with Crippen molar-refractivity contribution in [1.29, 1.82) is 0 Å². The zero-order chi connectivity index (χ0) is 16.3. The fraction of sp³-hybridized carbons (Fsp3) is 0.600. The lowest BCUT2D eigenvalue weighted by Crippen LogP contribution is -2.52. The molecule has 3 unspecified atom stereocenters. The first-order chi connectivity index (χ1) is 10.2. The van der Waals surface area contributed by atoms with Crippen molar-refractivity contribution in [1.82, 2.24) is 0 Å². The standard InChI is InChI=1S/C20H28O2/c1-6-13-12(2)16(21)11-15-14(13)7-8-17-19(3,4)18(22)9-10-20(15,17)5/h7-8,11,17-18,21-22H,6,9-10H2,1-5H3. The van der Waals surface area contributed by atoms with Crippen LogP contribution in [-0.2, 0) is 11.8 Å². The summed E-state index contributed by atoms with van der Waals surface area (Å²) < 4.78 is 0. The van der Waals surface area contributed by atoms with Crippen LogP contribution in [0.3, 0.4) is 0 Å². The Balaban J connectivity index is 2.24. The maximum absolute atomic E-state index is 10.5. The Morgan fingerprint density at radius 1 is 1.27 bits per heavy atom. The predicted molar refractivity (Wildman–Crippen MR) is 91.1 cm³/mol. The monoisotopic (exact) mass is 300 g/mol. The zero-order valence-electron chi connectivity index (χ0n) is 14.4. The number of phenolic OH excluding ortho intramolecular Hbond substituents is 1. The number of hydrogen-bond acceptors (Lipinski definition) is 2. The van der Waals surface area contributed by atoms with E-state index in [1.165, 1.54) is 16.7 Å². The zero-order valence-corrected chi connectivity index (χ0v) is 14.4. The summed E-state index contributed by atoms with van der Waals surface area (Å²) in [6.45, 7) is 10.8. The van der Waals surface area contributed by atoms with Gasteiger partial charge < -0.3 is 10.2 Å². The molecule has 2 aliphatic carbocycles. The molecule has 0 heterocycles. The molecule has 22 heavy (non-hydrogen) atoms. The molecule has 3 atom stereocenters. The van der Waals surface area contributed by atoms with Crippen LogP contribution < -0.4 is 0 Å². The van der Waals surface area contributed by atoms with Crippen LogP contribution in [-0.4, -0.2) is 16.3 Å². The van der Waals surface area contributed by atoms with Crippen LogP contribution in [0.25, 0.3) is 6.08 Å². The van der Waals surface area contributed by atoms with E-state index in [1.807, 2.05) is 13.0 Å². The van der Waals surface area contributed by atoms with Crippen molar-refractivity contribution in [3.05, 3.63) is 34.4 Å². The summed E-state index contributed by atoms with van der Waals surface area (Å²) in [5.74, 6) is 0.706. The second kappa shape index (κ2) is 4.86. The number of allylic oxidation sites excluding steroid dienone is 1. The summed E-state index contributed by atoms with van der Waals surface area (Å²) in [7, 11) is 0. The van der Waals surface area contributed by atoms with Gasteiger partial charge in [-0.2, -0.15) is 0 Å². The Bertz CT molecular complexity index is 642. The SMILES string of the molecule is CCc1c(C)c(O)cc2c1C=CC1C2(C)CCC(O)C1(C)C. The molecule has 2 nitrogen and oxygen atoms in total. The third-order valence-corrected chi connectivity index (χ3v) is 6.44. The Kier molecular flexibility index (Phi) is 3.45. The molecule has 2 aliphatic rings. The van der Waals surface area contributed by atoms with Crippen molar-refractivity contribution >= 4 is 6.08 Å². The van der Waals surface area contributed by atoms with E-state index in [4.69, 9.17) is 0 Å². The van der Waals surface area contributed by atoms with E-state index in [0.29, 0.717) is 11.7 Å². The van der Waals surface area contributed by atoms with Crippen molar-refractivity contribution in [2.24, 2.45) is 11.3 Å². The van der Waals surface area contributed by atoms with Crippen LogP contribution in [0.4, 0.5) is 0 Å². The Morgan fingerprint density at radius 2 is 1.95 bits per heavy atom. The van der Waals surface area contributed by atoms with Gasteiger partial charge in [0.05, 0.1) is 6.10 Å². The Morgan fingerprint density at radius 3 is 2.59 bits per heavy atom. The van der Waals surface area contributed by atoms with Crippen LogP contribution in [0.5, 0.6) is 5.75 Å². The number of fused-ring (bicyclic) bond motifs is 3. The van der Waals surface area contributed by atoms with Crippen molar-refractivity contribution < 1.29 is 10.2 Å². The van der Waals surface area contributed by atoms with Gasteiger partial charge in [0, 0.05) is 5.41 Å². The Hall–Kier alpha value is -1.28. The molecule has 1 saturated carbocycles. The molecule has 1 aromatic rings. The normalized spacial score (nSPS) is 32.5. The summed E-state index contributed by atoms with van der Waals surface area (Å²) in [5.41, 5.74) is 4.66. The maximum atomic E-state index is 10.5. The minimum atomic E-state index is -0.263. The lowest BCUT2D eigenvalue weighted by molar-refractivity contribution is -0.0483. The molecule has 3 rings (SSSR count). The highest BCUT2D eigenvalue weighted by molar-refractivity contribution is 5.68. The first-order valence-corrected chi connectivity index (χ1v) is 8.45. The summed E-state index contributed by atoms with van der Waals surface area (Å²) in [6.07, 6.45) is 6.99. The number of hydrogen-bond donors (Lipinski definition) is 2. The number of aromatic hydroxyl groups is 1.